The first-order valence-electron chi connectivity index (χ1n) is 8.34. The minimum atomic E-state index is -0.0552. The summed E-state index contributed by atoms with van der Waals surface area (Å²) in [6.07, 6.45) is 6.31. The molecule has 0 aliphatic rings. The second-order valence-corrected chi connectivity index (χ2v) is 5.93. The Morgan fingerprint density at radius 1 is 1.00 bits per heavy atom. The molecule has 25 heavy (non-hydrogen) atoms. The molecule has 2 aromatic heterocycles. The Balaban J connectivity index is 1.60. The summed E-state index contributed by atoms with van der Waals surface area (Å²) in [5, 5.41) is 4.81. The number of nitrogens with zero attached hydrogens (tertiary/aromatic N) is 3. The molecule has 0 radical (unpaired) electrons. The van der Waals surface area contributed by atoms with Gasteiger partial charge in [0.2, 0.25) is 0 Å². The van der Waals surface area contributed by atoms with Gasteiger partial charge in [-0.05, 0) is 18.6 Å². The fourth-order valence-electron chi connectivity index (χ4n) is 3.06. The molecule has 124 valence electrons. The number of carbonyl (C=O) groups excluding carboxylic acids is 1. The van der Waals surface area contributed by atoms with Crippen molar-refractivity contribution in [2.75, 3.05) is 6.54 Å². The van der Waals surface area contributed by atoms with E-state index in [0.717, 1.165) is 34.8 Å². The normalized spacial score (nSPS) is 11.0. The molecule has 2 aromatic carbocycles. The minimum Gasteiger partial charge on any atom is -0.352 e. The summed E-state index contributed by atoms with van der Waals surface area (Å²) in [7, 11) is 0. The van der Waals surface area contributed by atoms with Crippen molar-refractivity contribution in [1.82, 2.24) is 19.9 Å². The number of imidazole rings is 1. The van der Waals surface area contributed by atoms with Gasteiger partial charge >= 0.3 is 0 Å². The fourth-order valence-corrected chi connectivity index (χ4v) is 3.06. The molecule has 0 spiro atoms. The Labute approximate surface area is 145 Å². The molecule has 1 amide bonds. The first-order chi connectivity index (χ1) is 12.3. The lowest BCUT2D eigenvalue weighted by molar-refractivity contribution is 0.0956. The van der Waals surface area contributed by atoms with Crippen molar-refractivity contribution in [2.45, 2.75) is 13.0 Å². The fraction of sp³-hybridized carbons (Fsp3) is 0.150. The number of carbonyl (C=O) groups is 1. The zero-order valence-electron chi connectivity index (χ0n) is 13.7. The predicted octanol–water partition coefficient (Wildman–Crippen LogP) is 3.40. The van der Waals surface area contributed by atoms with Crippen LogP contribution in [0.25, 0.3) is 21.8 Å². The molecular formula is C20H18N4O. The molecule has 5 heteroatoms. The first kappa shape index (κ1) is 15.3. The highest BCUT2D eigenvalue weighted by Crippen LogP contribution is 2.25. The van der Waals surface area contributed by atoms with Gasteiger partial charge in [-0.25, -0.2) is 9.97 Å². The number of rotatable bonds is 5. The van der Waals surface area contributed by atoms with E-state index in [9.17, 15) is 4.79 Å². The van der Waals surface area contributed by atoms with Crippen LogP contribution in [0.1, 0.15) is 16.8 Å². The van der Waals surface area contributed by atoms with Crippen LogP contribution in [0.4, 0.5) is 0 Å². The maximum atomic E-state index is 12.9. The van der Waals surface area contributed by atoms with Crippen molar-refractivity contribution >= 4 is 27.7 Å². The van der Waals surface area contributed by atoms with Crippen LogP contribution in [-0.4, -0.2) is 27.0 Å². The molecule has 4 rings (SSSR count). The molecule has 0 bridgehead atoms. The molecule has 4 aromatic rings. The van der Waals surface area contributed by atoms with Gasteiger partial charge in [-0.15, -0.1) is 0 Å². The van der Waals surface area contributed by atoms with Crippen molar-refractivity contribution in [3.8, 4) is 0 Å². The van der Waals surface area contributed by atoms with Gasteiger partial charge in [0, 0.05) is 36.3 Å². The number of nitrogens with one attached hydrogen (secondary N) is 1. The van der Waals surface area contributed by atoms with Crippen LogP contribution in [0.3, 0.4) is 0 Å². The second kappa shape index (κ2) is 6.73. The van der Waals surface area contributed by atoms with E-state index in [1.807, 2.05) is 59.3 Å². The number of fused-ring (bicyclic) bond motifs is 2. The first-order valence-corrected chi connectivity index (χ1v) is 8.34. The van der Waals surface area contributed by atoms with Crippen LogP contribution in [0, 0.1) is 0 Å². The van der Waals surface area contributed by atoms with E-state index in [1.54, 1.807) is 12.5 Å². The number of amides is 1. The van der Waals surface area contributed by atoms with E-state index in [1.165, 1.54) is 0 Å². The molecule has 0 aliphatic heterocycles. The van der Waals surface area contributed by atoms with Gasteiger partial charge in [-0.3, -0.25) is 4.79 Å². The van der Waals surface area contributed by atoms with Crippen LogP contribution < -0.4 is 5.32 Å². The zero-order chi connectivity index (χ0) is 17.1. The zero-order valence-corrected chi connectivity index (χ0v) is 13.7. The maximum absolute atomic E-state index is 12.9. The average Bonchev–Trinajstić information content (AvgIpc) is 3.16. The third kappa shape index (κ3) is 3.08. The van der Waals surface area contributed by atoms with E-state index in [2.05, 4.69) is 15.3 Å². The van der Waals surface area contributed by atoms with Gasteiger partial charge in [0.25, 0.3) is 5.91 Å². The van der Waals surface area contributed by atoms with Crippen LogP contribution in [-0.2, 0) is 6.54 Å². The van der Waals surface area contributed by atoms with Gasteiger partial charge < -0.3 is 9.88 Å². The van der Waals surface area contributed by atoms with Crippen molar-refractivity contribution in [3.05, 3.63) is 72.8 Å². The lowest BCUT2D eigenvalue weighted by Crippen LogP contribution is -2.25. The number of benzene rings is 2. The van der Waals surface area contributed by atoms with E-state index < -0.39 is 0 Å². The van der Waals surface area contributed by atoms with Crippen LogP contribution >= 0.6 is 0 Å². The maximum Gasteiger partial charge on any atom is 0.252 e. The van der Waals surface area contributed by atoms with Crippen LogP contribution in [0.2, 0.25) is 0 Å². The summed E-state index contributed by atoms with van der Waals surface area (Å²) >= 11 is 0. The Kier molecular flexibility index (Phi) is 4.12. The van der Waals surface area contributed by atoms with Crippen LogP contribution in [0.5, 0.6) is 0 Å². The standard InChI is InChI=1S/C20H18N4O/c25-20(22-10-5-12-24-13-11-21-14-24)19-15-6-1-3-8-17(15)23-18-9-4-2-7-16(18)19/h1-4,6-9,11,13-14H,5,10,12H2,(H,22,25). The molecular weight excluding hydrogens is 312 g/mol. The third-order valence-electron chi connectivity index (χ3n) is 4.25. The second-order valence-electron chi connectivity index (χ2n) is 5.93. The lowest BCUT2D eigenvalue weighted by atomic mass is 10.0. The number of pyridine rings is 1. The molecule has 1 N–H and O–H groups in total. The van der Waals surface area contributed by atoms with Gasteiger partial charge in [-0.2, -0.15) is 0 Å². The average molecular weight is 330 g/mol. The number of hydrogen-bond acceptors (Lipinski definition) is 3. The molecule has 0 fully saturated rings. The van der Waals surface area contributed by atoms with Crippen molar-refractivity contribution in [1.29, 1.82) is 0 Å². The summed E-state index contributed by atoms with van der Waals surface area (Å²) in [6, 6.07) is 15.6. The Bertz CT molecular complexity index is 970. The lowest BCUT2D eigenvalue weighted by Gasteiger charge is -2.11. The molecule has 0 saturated heterocycles. The van der Waals surface area contributed by atoms with Gasteiger partial charge in [0.1, 0.15) is 0 Å². The molecule has 0 unspecified atom stereocenters. The Morgan fingerprint density at radius 3 is 2.32 bits per heavy atom. The summed E-state index contributed by atoms with van der Waals surface area (Å²) in [5.74, 6) is -0.0552. The highest BCUT2D eigenvalue weighted by Gasteiger charge is 2.15. The molecule has 0 aliphatic carbocycles. The quantitative estimate of drug-likeness (QED) is 0.451. The molecule has 5 nitrogen and oxygen atoms in total. The van der Waals surface area contributed by atoms with Gasteiger partial charge in [0.15, 0.2) is 0 Å². The smallest absolute Gasteiger partial charge is 0.252 e. The van der Waals surface area contributed by atoms with Gasteiger partial charge in [-0.1, -0.05) is 36.4 Å². The minimum absolute atomic E-state index is 0.0552. The van der Waals surface area contributed by atoms with Crippen molar-refractivity contribution in [3.63, 3.8) is 0 Å². The summed E-state index contributed by atoms with van der Waals surface area (Å²) in [4.78, 5) is 21.6. The third-order valence-corrected chi connectivity index (χ3v) is 4.25. The topological polar surface area (TPSA) is 59.8 Å². The van der Waals surface area contributed by atoms with Crippen molar-refractivity contribution < 1.29 is 4.79 Å². The molecule has 0 atom stereocenters. The molecule has 0 saturated carbocycles. The Morgan fingerprint density at radius 2 is 1.68 bits per heavy atom. The monoisotopic (exact) mass is 330 g/mol. The van der Waals surface area contributed by atoms with Crippen molar-refractivity contribution in [2.24, 2.45) is 0 Å². The Hall–Kier alpha value is -3.21. The largest absolute Gasteiger partial charge is 0.352 e. The number of para-hydroxylation sites is 2. The van der Waals surface area contributed by atoms with Gasteiger partial charge in [0.05, 0.1) is 22.9 Å². The SMILES string of the molecule is O=C(NCCCn1ccnc1)c1c2ccccc2nc2ccccc12. The molecule has 2 heterocycles. The summed E-state index contributed by atoms with van der Waals surface area (Å²) in [6.45, 7) is 1.44. The number of aryl methyl sites for hydroxylation is 1. The highest BCUT2D eigenvalue weighted by molar-refractivity contribution is 6.16. The summed E-state index contributed by atoms with van der Waals surface area (Å²) < 4.78 is 2.00. The van der Waals surface area contributed by atoms with E-state index in [4.69, 9.17) is 0 Å². The summed E-state index contributed by atoms with van der Waals surface area (Å²) in [5.41, 5.74) is 2.37. The highest BCUT2D eigenvalue weighted by atomic mass is 16.1. The van der Waals surface area contributed by atoms with E-state index >= 15 is 0 Å². The number of aromatic nitrogens is 3. The predicted molar refractivity (Wildman–Crippen MR) is 98.4 cm³/mol. The number of hydrogen-bond donors (Lipinski definition) is 1. The van der Waals surface area contributed by atoms with Crippen LogP contribution in [0.15, 0.2) is 67.3 Å². The van der Waals surface area contributed by atoms with E-state index in [0.29, 0.717) is 12.1 Å². The van der Waals surface area contributed by atoms with E-state index in [-0.39, 0.29) is 5.91 Å².